The zero-order valence-electron chi connectivity index (χ0n) is 14.4. The lowest BCUT2D eigenvalue weighted by Gasteiger charge is -2.28. The lowest BCUT2D eigenvalue weighted by atomic mass is 10.2. The molecule has 126 valence electrons. The Hall–Kier alpha value is -2.95. The molecule has 0 aliphatic carbocycles. The van der Waals surface area contributed by atoms with Crippen molar-refractivity contribution in [3.05, 3.63) is 59.7 Å². The largest absolute Gasteiger partial charge is 0.350 e. The summed E-state index contributed by atoms with van der Waals surface area (Å²) in [4.78, 5) is 24.5. The Balaban J connectivity index is 0.000000254. The molecule has 0 aliphatic rings. The quantitative estimate of drug-likeness (QED) is 0.534. The first-order valence-electron chi connectivity index (χ1n) is 7.34. The molecule has 0 aliphatic heterocycles. The van der Waals surface area contributed by atoms with Crippen molar-refractivity contribution in [3.8, 4) is 0 Å². The third kappa shape index (κ3) is 5.35. The van der Waals surface area contributed by atoms with Gasteiger partial charge < -0.3 is 5.73 Å². The van der Waals surface area contributed by atoms with E-state index >= 15 is 0 Å². The van der Waals surface area contributed by atoms with Gasteiger partial charge in [-0.1, -0.05) is 36.4 Å². The summed E-state index contributed by atoms with van der Waals surface area (Å²) in [6.07, 6.45) is 1.50. The molecule has 0 unspecified atom stereocenters. The van der Waals surface area contributed by atoms with Crippen LogP contribution in [0.3, 0.4) is 0 Å². The minimum absolute atomic E-state index is 0.482. The van der Waals surface area contributed by atoms with E-state index < -0.39 is 6.03 Å². The molecule has 0 spiro atoms. The summed E-state index contributed by atoms with van der Waals surface area (Å²) < 4.78 is 0. The molecule has 2 rings (SSSR count). The fourth-order valence-electron chi connectivity index (χ4n) is 2.07. The Morgan fingerprint density at radius 1 is 1.00 bits per heavy atom. The number of benzene rings is 2. The highest BCUT2D eigenvalue weighted by molar-refractivity contribution is 5.90. The second-order valence-corrected chi connectivity index (χ2v) is 5.27. The van der Waals surface area contributed by atoms with Crippen LogP contribution < -0.4 is 10.7 Å². The van der Waals surface area contributed by atoms with Crippen molar-refractivity contribution >= 4 is 23.5 Å². The summed E-state index contributed by atoms with van der Waals surface area (Å²) >= 11 is 0. The fourth-order valence-corrected chi connectivity index (χ4v) is 2.07. The fraction of sp³-hybridized carbons (Fsp3) is 0.222. The minimum Gasteiger partial charge on any atom is -0.350 e. The van der Waals surface area contributed by atoms with E-state index in [4.69, 9.17) is 5.73 Å². The first-order valence-corrected chi connectivity index (χ1v) is 7.34. The standard InChI is InChI=1S/C10H15N3O.C8H7NO/c1-8-6-4-5-7-9(8)13(10(11)14)12(2)3;1-7-4-2-3-5-8(7)9-6-10/h4-7H,1-3H3,(H2,11,14);2-5H,1H3. The first-order chi connectivity index (χ1) is 11.4. The third-order valence-electron chi connectivity index (χ3n) is 3.23. The molecule has 0 atom stereocenters. The SMILES string of the molecule is Cc1ccccc1N(C(N)=O)N(C)C.Cc1ccccc1N=C=O. The van der Waals surface area contributed by atoms with Gasteiger partial charge in [-0.05, 0) is 37.1 Å². The molecule has 0 heterocycles. The Kier molecular flexibility index (Phi) is 7.36. The van der Waals surface area contributed by atoms with Crippen molar-refractivity contribution < 1.29 is 9.59 Å². The number of nitrogens with zero attached hydrogens (tertiary/aromatic N) is 3. The molecule has 0 saturated carbocycles. The van der Waals surface area contributed by atoms with Gasteiger partial charge >= 0.3 is 6.03 Å². The average molecular weight is 326 g/mol. The van der Waals surface area contributed by atoms with Crippen LogP contribution in [0.2, 0.25) is 0 Å². The Morgan fingerprint density at radius 2 is 1.54 bits per heavy atom. The van der Waals surface area contributed by atoms with Crippen LogP contribution in [0, 0.1) is 13.8 Å². The van der Waals surface area contributed by atoms with Crippen LogP contribution in [-0.2, 0) is 4.79 Å². The van der Waals surface area contributed by atoms with E-state index in [1.165, 1.54) is 11.1 Å². The van der Waals surface area contributed by atoms with E-state index in [1.54, 1.807) is 25.2 Å². The minimum atomic E-state index is -0.482. The molecule has 2 aromatic rings. The normalized spacial score (nSPS) is 9.54. The number of hydrazine groups is 1. The number of amides is 2. The van der Waals surface area contributed by atoms with Crippen LogP contribution in [0.1, 0.15) is 11.1 Å². The number of aliphatic imine (C=N–C) groups is 1. The van der Waals surface area contributed by atoms with E-state index in [1.807, 2.05) is 56.3 Å². The van der Waals surface area contributed by atoms with Crippen LogP contribution in [0.4, 0.5) is 16.2 Å². The van der Waals surface area contributed by atoms with Gasteiger partial charge in [-0.2, -0.15) is 4.99 Å². The number of rotatable bonds is 3. The number of carbonyl (C=O) groups is 1. The second kappa shape index (κ2) is 9.25. The van der Waals surface area contributed by atoms with Gasteiger partial charge in [0.1, 0.15) is 0 Å². The number of isocyanates is 1. The van der Waals surface area contributed by atoms with Crippen LogP contribution >= 0.6 is 0 Å². The van der Waals surface area contributed by atoms with Gasteiger partial charge in [-0.25, -0.2) is 19.6 Å². The number of anilines is 1. The predicted octanol–water partition coefficient (Wildman–Crippen LogP) is 3.32. The number of urea groups is 1. The first kappa shape index (κ1) is 19.1. The number of hydrogen-bond donors (Lipinski definition) is 1. The second-order valence-electron chi connectivity index (χ2n) is 5.27. The number of aryl methyl sites for hydroxylation is 2. The number of carbonyl (C=O) groups excluding carboxylic acids is 2. The van der Waals surface area contributed by atoms with Crippen molar-refractivity contribution in [1.82, 2.24) is 5.01 Å². The summed E-state index contributed by atoms with van der Waals surface area (Å²) in [6, 6.07) is 14.5. The maximum Gasteiger partial charge on any atom is 0.334 e. The summed E-state index contributed by atoms with van der Waals surface area (Å²) in [5.41, 5.74) is 8.79. The molecule has 24 heavy (non-hydrogen) atoms. The van der Waals surface area contributed by atoms with E-state index in [0.29, 0.717) is 5.69 Å². The highest BCUT2D eigenvalue weighted by Crippen LogP contribution is 2.19. The molecule has 2 aromatic carbocycles. The molecule has 0 fully saturated rings. The maximum atomic E-state index is 11.2. The van der Waals surface area contributed by atoms with Gasteiger partial charge in [0.05, 0.1) is 11.4 Å². The molecule has 6 nitrogen and oxygen atoms in total. The topological polar surface area (TPSA) is 79.0 Å². The lowest BCUT2D eigenvalue weighted by Crippen LogP contribution is -2.45. The number of para-hydroxylation sites is 2. The van der Waals surface area contributed by atoms with Crippen molar-refractivity contribution in [3.63, 3.8) is 0 Å². The molecule has 2 amide bonds. The van der Waals surface area contributed by atoms with Gasteiger partial charge in [0, 0.05) is 14.1 Å². The van der Waals surface area contributed by atoms with Crippen LogP contribution in [0.25, 0.3) is 0 Å². The molecular formula is C18H22N4O2. The molecule has 0 saturated heterocycles. The monoisotopic (exact) mass is 326 g/mol. The zero-order valence-corrected chi connectivity index (χ0v) is 14.4. The average Bonchev–Trinajstić information content (AvgIpc) is 2.52. The highest BCUT2D eigenvalue weighted by atomic mass is 16.2. The summed E-state index contributed by atoms with van der Waals surface area (Å²) in [5, 5.41) is 3.08. The Labute approximate surface area is 142 Å². The Bertz CT molecular complexity index is 737. The summed E-state index contributed by atoms with van der Waals surface area (Å²) in [6.45, 7) is 3.84. The highest BCUT2D eigenvalue weighted by Gasteiger charge is 2.15. The smallest absolute Gasteiger partial charge is 0.334 e. The predicted molar refractivity (Wildman–Crippen MR) is 95.9 cm³/mol. The van der Waals surface area contributed by atoms with Gasteiger partial charge in [-0.3, -0.25) is 0 Å². The van der Waals surface area contributed by atoms with Crippen molar-refractivity contribution in [2.24, 2.45) is 10.7 Å². The van der Waals surface area contributed by atoms with Crippen molar-refractivity contribution in [2.75, 3.05) is 19.1 Å². The van der Waals surface area contributed by atoms with E-state index in [-0.39, 0.29) is 0 Å². The number of nitrogens with two attached hydrogens (primary N) is 1. The van der Waals surface area contributed by atoms with Crippen LogP contribution in [0.5, 0.6) is 0 Å². The van der Waals surface area contributed by atoms with Gasteiger partial charge in [0.15, 0.2) is 0 Å². The van der Waals surface area contributed by atoms with Gasteiger partial charge in [0.25, 0.3) is 0 Å². The molecular weight excluding hydrogens is 304 g/mol. The zero-order chi connectivity index (χ0) is 18.1. The molecule has 0 aromatic heterocycles. The Morgan fingerprint density at radius 3 is 2.00 bits per heavy atom. The van der Waals surface area contributed by atoms with Crippen LogP contribution in [-0.4, -0.2) is 31.2 Å². The number of primary amides is 1. The lowest BCUT2D eigenvalue weighted by molar-refractivity contribution is 0.239. The van der Waals surface area contributed by atoms with Gasteiger partial charge in [0.2, 0.25) is 6.08 Å². The molecule has 6 heteroatoms. The third-order valence-corrected chi connectivity index (χ3v) is 3.23. The number of hydrogen-bond acceptors (Lipinski definition) is 4. The summed E-state index contributed by atoms with van der Waals surface area (Å²) in [5.74, 6) is 0. The van der Waals surface area contributed by atoms with Gasteiger partial charge in [-0.15, -0.1) is 0 Å². The van der Waals surface area contributed by atoms with Crippen molar-refractivity contribution in [1.29, 1.82) is 0 Å². The molecule has 0 bridgehead atoms. The van der Waals surface area contributed by atoms with Crippen LogP contribution in [0.15, 0.2) is 53.5 Å². The molecule has 0 radical (unpaired) electrons. The van der Waals surface area contributed by atoms with E-state index in [2.05, 4.69) is 4.99 Å². The van der Waals surface area contributed by atoms with Crippen molar-refractivity contribution in [2.45, 2.75) is 13.8 Å². The summed E-state index contributed by atoms with van der Waals surface area (Å²) in [7, 11) is 3.55. The molecule has 2 N–H and O–H groups in total. The maximum absolute atomic E-state index is 11.2. The van der Waals surface area contributed by atoms with E-state index in [9.17, 15) is 9.59 Å². The van der Waals surface area contributed by atoms with E-state index in [0.717, 1.165) is 16.8 Å².